The van der Waals surface area contributed by atoms with E-state index >= 15 is 0 Å². The van der Waals surface area contributed by atoms with Crippen molar-refractivity contribution >= 4 is 21.6 Å². The molecule has 1 saturated heterocycles. The normalized spacial score (nSPS) is 17.3. The summed E-state index contributed by atoms with van der Waals surface area (Å²) in [6, 6.07) is 15.6. The van der Waals surface area contributed by atoms with Gasteiger partial charge in [0.2, 0.25) is 10.0 Å². The number of quaternary nitrogens is 1. The van der Waals surface area contributed by atoms with Crippen molar-refractivity contribution in [3.8, 4) is 0 Å². The first kappa shape index (κ1) is 18.4. The van der Waals surface area contributed by atoms with E-state index in [1.807, 2.05) is 30.3 Å². The number of rotatable bonds is 6. The molecule has 1 aliphatic rings. The third-order valence-electron chi connectivity index (χ3n) is 4.32. The van der Waals surface area contributed by atoms with Gasteiger partial charge in [-0.25, -0.2) is 8.42 Å². The van der Waals surface area contributed by atoms with Gasteiger partial charge in [-0.3, -0.25) is 0 Å². The number of morpholine rings is 1. The maximum Gasteiger partial charge on any atom is 0.241 e. The van der Waals surface area contributed by atoms with E-state index in [9.17, 15) is 8.42 Å². The molecule has 3 rings (SSSR count). The molecule has 2 N–H and O–H groups in total. The number of ether oxygens (including phenoxy) is 1. The first-order valence-electron chi connectivity index (χ1n) is 8.29. The van der Waals surface area contributed by atoms with Crippen molar-refractivity contribution in [1.29, 1.82) is 0 Å². The fraction of sp³-hybridized carbons (Fsp3) is 0.333. The predicted octanol–water partition coefficient (Wildman–Crippen LogP) is 1.27. The molecule has 7 heteroatoms. The maximum atomic E-state index is 12.8. The third-order valence-corrected chi connectivity index (χ3v) is 6.06. The van der Waals surface area contributed by atoms with Crippen molar-refractivity contribution in [1.82, 2.24) is 4.72 Å². The van der Waals surface area contributed by atoms with Gasteiger partial charge in [-0.2, -0.15) is 4.72 Å². The van der Waals surface area contributed by atoms with Crippen molar-refractivity contribution in [2.45, 2.75) is 10.9 Å². The van der Waals surface area contributed by atoms with Crippen molar-refractivity contribution in [2.75, 3.05) is 32.8 Å². The Balaban J connectivity index is 1.82. The highest BCUT2D eigenvalue weighted by Crippen LogP contribution is 2.18. The molecule has 1 atom stereocenters. The Morgan fingerprint density at radius 2 is 1.68 bits per heavy atom. The topological polar surface area (TPSA) is 59.8 Å². The monoisotopic (exact) mass is 381 g/mol. The maximum absolute atomic E-state index is 12.8. The predicted molar refractivity (Wildman–Crippen MR) is 97.3 cm³/mol. The van der Waals surface area contributed by atoms with Crippen molar-refractivity contribution in [3.63, 3.8) is 0 Å². The summed E-state index contributed by atoms with van der Waals surface area (Å²) < 4.78 is 33.8. The summed E-state index contributed by atoms with van der Waals surface area (Å²) in [6.07, 6.45) is 0. The Labute approximate surface area is 153 Å². The first-order valence-corrected chi connectivity index (χ1v) is 10.1. The van der Waals surface area contributed by atoms with Crippen molar-refractivity contribution in [2.24, 2.45) is 0 Å². The summed E-state index contributed by atoms with van der Waals surface area (Å²) in [5.74, 6) is 0. The summed E-state index contributed by atoms with van der Waals surface area (Å²) in [4.78, 5) is 1.55. The van der Waals surface area contributed by atoms with Gasteiger partial charge in [0.25, 0.3) is 0 Å². The number of hydrogen-bond donors (Lipinski definition) is 2. The summed E-state index contributed by atoms with van der Waals surface area (Å²) in [7, 11) is -3.63. The zero-order chi connectivity index (χ0) is 17.7. The smallest absolute Gasteiger partial charge is 0.241 e. The van der Waals surface area contributed by atoms with Crippen LogP contribution in [0.5, 0.6) is 0 Å². The summed E-state index contributed by atoms with van der Waals surface area (Å²) >= 11 is 5.86. The van der Waals surface area contributed by atoms with Gasteiger partial charge in [-0.05, 0) is 29.8 Å². The van der Waals surface area contributed by atoms with Gasteiger partial charge in [0, 0.05) is 5.02 Å². The first-order chi connectivity index (χ1) is 12.0. The molecule has 134 valence electrons. The molecule has 5 nitrogen and oxygen atoms in total. The molecule has 0 spiro atoms. The number of benzene rings is 2. The van der Waals surface area contributed by atoms with Crippen LogP contribution in [0, 0.1) is 0 Å². The van der Waals surface area contributed by atoms with E-state index in [-0.39, 0.29) is 10.9 Å². The molecule has 1 aliphatic heterocycles. The molecule has 0 unspecified atom stereocenters. The molecular formula is C18H22ClN2O3S+. The Bertz CT molecular complexity index is 776. The van der Waals surface area contributed by atoms with E-state index < -0.39 is 10.0 Å². The fourth-order valence-electron chi connectivity index (χ4n) is 2.93. The third kappa shape index (κ3) is 5.03. The molecular weight excluding hydrogens is 360 g/mol. The molecule has 0 amide bonds. The highest BCUT2D eigenvalue weighted by molar-refractivity contribution is 7.89. The highest BCUT2D eigenvalue weighted by Gasteiger charge is 2.26. The second-order valence-corrected chi connectivity index (χ2v) is 8.26. The zero-order valence-electron chi connectivity index (χ0n) is 13.8. The van der Waals surface area contributed by atoms with Crippen LogP contribution in [0.1, 0.15) is 11.6 Å². The van der Waals surface area contributed by atoms with E-state index in [2.05, 4.69) is 4.72 Å². The molecule has 25 heavy (non-hydrogen) atoms. The zero-order valence-corrected chi connectivity index (χ0v) is 15.4. The van der Waals surface area contributed by atoms with Gasteiger partial charge in [0.15, 0.2) is 0 Å². The standard InChI is InChI=1S/C18H21ClN2O3S/c19-16-6-8-17(9-7-16)25(22,23)20-18(15-4-2-1-3-5-15)14-21-10-12-24-13-11-21/h1-9,18,20H,10-14H2/p+1/t18-/m0/s1. The van der Waals surface area contributed by atoms with Crippen molar-refractivity contribution < 1.29 is 18.1 Å². The molecule has 0 aromatic heterocycles. The average molecular weight is 382 g/mol. The van der Waals surface area contributed by atoms with Crippen LogP contribution in [0.2, 0.25) is 5.02 Å². The second kappa shape index (κ2) is 8.29. The van der Waals surface area contributed by atoms with E-state index in [0.29, 0.717) is 24.8 Å². The lowest BCUT2D eigenvalue weighted by atomic mass is 10.1. The molecule has 1 fully saturated rings. The lowest BCUT2D eigenvalue weighted by molar-refractivity contribution is -0.909. The van der Waals surface area contributed by atoms with Crippen LogP contribution in [-0.2, 0) is 14.8 Å². The van der Waals surface area contributed by atoms with E-state index in [1.165, 1.54) is 17.0 Å². The molecule has 0 bridgehead atoms. The van der Waals surface area contributed by atoms with Gasteiger partial charge < -0.3 is 9.64 Å². The van der Waals surface area contributed by atoms with E-state index in [4.69, 9.17) is 16.3 Å². The van der Waals surface area contributed by atoms with Gasteiger partial charge in [-0.1, -0.05) is 41.9 Å². The molecule has 0 radical (unpaired) electrons. The van der Waals surface area contributed by atoms with Gasteiger partial charge in [0.05, 0.1) is 30.7 Å². The number of nitrogens with one attached hydrogen (secondary N) is 2. The lowest BCUT2D eigenvalue weighted by Crippen LogP contribution is -3.14. The Morgan fingerprint density at radius 1 is 1.04 bits per heavy atom. The Kier molecular flexibility index (Phi) is 6.09. The van der Waals surface area contributed by atoms with Gasteiger partial charge >= 0.3 is 0 Å². The molecule has 2 aromatic carbocycles. The number of sulfonamides is 1. The van der Waals surface area contributed by atoms with E-state index in [0.717, 1.165) is 18.7 Å². The summed E-state index contributed by atoms with van der Waals surface area (Å²) in [5.41, 5.74) is 0.957. The molecule has 0 saturated carbocycles. The quantitative estimate of drug-likeness (QED) is 0.792. The Hall–Kier alpha value is -1.44. The SMILES string of the molecule is O=S(=O)(N[C@@H](C[NH+]1CCOCC1)c1ccccc1)c1ccc(Cl)cc1. The van der Waals surface area contributed by atoms with Crippen LogP contribution < -0.4 is 9.62 Å². The van der Waals surface area contributed by atoms with Crippen LogP contribution in [0.15, 0.2) is 59.5 Å². The number of halogens is 1. The molecule has 0 aliphatic carbocycles. The van der Waals surface area contributed by atoms with Crippen molar-refractivity contribution in [3.05, 3.63) is 65.2 Å². The van der Waals surface area contributed by atoms with Crippen LogP contribution in [0.3, 0.4) is 0 Å². The largest absolute Gasteiger partial charge is 0.370 e. The van der Waals surface area contributed by atoms with E-state index in [1.54, 1.807) is 12.1 Å². The second-order valence-electron chi connectivity index (χ2n) is 6.10. The van der Waals surface area contributed by atoms with Gasteiger partial charge in [-0.15, -0.1) is 0 Å². The van der Waals surface area contributed by atoms with Crippen LogP contribution >= 0.6 is 11.6 Å². The minimum Gasteiger partial charge on any atom is -0.370 e. The van der Waals surface area contributed by atoms with Gasteiger partial charge in [0.1, 0.15) is 13.1 Å². The summed E-state index contributed by atoms with van der Waals surface area (Å²) in [5, 5.41) is 0.510. The summed E-state index contributed by atoms with van der Waals surface area (Å²) in [6.45, 7) is 3.86. The highest BCUT2D eigenvalue weighted by atomic mass is 35.5. The Morgan fingerprint density at radius 3 is 2.32 bits per heavy atom. The molecule has 1 heterocycles. The fourth-order valence-corrected chi connectivity index (χ4v) is 4.29. The van der Waals surface area contributed by atoms with Crippen LogP contribution in [0.4, 0.5) is 0 Å². The average Bonchev–Trinajstić information content (AvgIpc) is 2.63. The molecule has 2 aromatic rings. The lowest BCUT2D eigenvalue weighted by Gasteiger charge is -2.28. The minimum absolute atomic E-state index is 0.217. The minimum atomic E-state index is -3.63. The van der Waals surface area contributed by atoms with Crippen LogP contribution in [0.25, 0.3) is 0 Å². The number of hydrogen-bond acceptors (Lipinski definition) is 3. The van der Waals surface area contributed by atoms with Crippen LogP contribution in [-0.4, -0.2) is 41.3 Å².